The van der Waals surface area contributed by atoms with Crippen molar-refractivity contribution in [1.29, 1.82) is 0 Å². The van der Waals surface area contributed by atoms with Crippen LogP contribution in [0.1, 0.15) is 23.2 Å². The molecule has 0 saturated carbocycles. The molecular weight excluding hydrogens is 340 g/mol. The third-order valence-electron chi connectivity index (χ3n) is 3.79. The molecule has 1 N–H and O–H groups in total. The Kier molecular flexibility index (Phi) is 6.95. The summed E-state index contributed by atoms with van der Waals surface area (Å²) in [5.74, 6) is 0.891. The highest BCUT2D eigenvalue weighted by atomic mass is 16.5. The molecule has 0 aliphatic carbocycles. The Morgan fingerprint density at radius 1 is 0.815 bits per heavy atom. The molecule has 3 rings (SSSR count). The fourth-order valence-corrected chi connectivity index (χ4v) is 2.40. The van der Waals surface area contributed by atoms with E-state index in [1.807, 2.05) is 66.7 Å². The molecule has 0 spiro atoms. The van der Waals surface area contributed by atoms with Gasteiger partial charge in [-0.1, -0.05) is 66.7 Å². The van der Waals surface area contributed by atoms with Crippen molar-refractivity contribution >= 4 is 6.08 Å². The fraction of sp³-hybridized carbons (Fsp3) is 0.182. The van der Waals surface area contributed by atoms with Crippen LogP contribution in [0.4, 0.5) is 0 Å². The van der Waals surface area contributed by atoms with E-state index in [1.165, 1.54) is 0 Å². The number of aliphatic hydroxyl groups is 1. The maximum Gasteiger partial charge on any atom is 0.276 e. The molecule has 2 aromatic carbocycles. The van der Waals surface area contributed by atoms with Crippen molar-refractivity contribution in [2.75, 3.05) is 6.61 Å². The second-order valence-electron chi connectivity index (χ2n) is 5.90. The molecule has 3 aromatic rings. The van der Waals surface area contributed by atoms with Crippen LogP contribution in [0.15, 0.2) is 72.8 Å². The molecule has 0 fully saturated rings. The average molecular weight is 362 g/mol. The summed E-state index contributed by atoms with van der Waals surface area (Å²) in [4.78, 5) is 0. The van der Waals surface area contributed by atoms with Crippen molar-refractivity contribution < 1.29 is 14.6 Å². The highest BCUT2D eigenvalue weighted by Crippen LogP contribution is 2.26. The monoisotopic (exact) mass is 362 g/mol. The van der Waals surface area contributed by atoms with Gasteiger partial charge in [0.05, 0.1) is 5.69 Å². The van der Waals surface area contributed by atoms with Gasteiger partial charge in [0.25, 0.3) is 5.88 Å². The minimum atomic E-state index is 0.0968. The molecule has 0 radical (unpaired) electrons. The van der Waals surface area contributed by atoms with Crippen molar-refractivity contribution in [3.05, 3.63) is 89.6 Å². The third kappa shape index (κ3) is 5.94. The van der Waals surface area contributed by atoms with Gasteiger partial charge in [-0.15, -0.1) is 10.2 Å². The summed E-state index contributed by atoms with van der Waals surface area (Å²) in [5, 5.41) is 17.2. The Morgan fingerprint density at radius 2 is 1.44 bits per heavy atom. The van der Waals surface area contributed by atoms with Gasteiger partial charge in [-0.05, 0) is 23.6 Å². The van der Waals surface area contributed by atoms with E-state index in [-0.39, 0.29) is 6.61 Å². The Morgan fingerprint density at radius 3 is 2.07 bits per heavy atom. The van der Waals surface area contributed by atoms with Crippen LogP contribution in [0.2, 0.25) is 0 Å². The van der Waals surface area contributed by atoms with Crippen LogP contribution >= 0.6 is 0 Å². The molecule has 0 amide bonds. The first-order valence-electron chi connectivity index (χ1n) is 8.84. The van der Waals surface area contributed by atoms with Gasteiger partial charge in [0.15, 0.2) is 5.75 Å². The van der Waals surface area contributed by atoms with Crippen LogP contribution in [0.5, 0.6) is 11.6 Å². The van der Waals surface area contributed by atoms with Crippen LogP contribution in [-0.4, -0.2) is 21.9 Å². The Bertz CT molecular complexity index is 852. The standard InChI is InChI=1S/C22H22N2O3/c25-14-8-7-13-20-15-21(26-16-18-9-3-1-4-10-18)22(24-23-20)27-17-19-11-5-2-6-12-19/h1-7,9-13,15,25H,8,14,16-17H2/b13-7+. The normalized spacial score (nSPS) is 10.9. The van der Waals surface area contributed by atoms with E-state index < -0.39 is 0 Å². The lowest BCUT2D eigenvalue weighted by molar-refractivity contribution is 0.244. The molecule has 0 bridgehead atoms. The number of hydrogen-bond acceptors (Lipinski definition) is 5. The highest BCUT2D eigenvalue weighted by Gasteiger charge is 2.10. The van der Waals surface area contributed by atoms with Crippen LogP contribution in [-0.2, 0) is 13.2 Å². The van der Waals surface area contributed by atoms with E-state index in [4.69, 9.17) is 14.6 Å². The lowest BCUT2D eigenvalue weighted by Gasteiger charge is -2.12. The topological polar surface area (TPSA) is 64.5 Å². The van der Waals surface area contributed by atoms with Gasteiger partial charge < -0.3 is 14.6 Å². The lowest BCUT2D eigenvalue weighted by Crippen LogP contribution is -2.04. The Labute approximate surface area is 158 Å². The molecule has 27 heavy (non-hydrogen) atoms. The lowest BCUT2D eigenvalue weighted by atomic mass is 10.2. The first kappa shape index (κ1) is 18.6. The second kappa shape index (κ2) is 10.1. The van der Waals surface area contributed by atoms with Gasteiger partial charge in [-0.2, -0.15) is 0 Å². The number of ether oxygens (including phenoxy) is 2. The summed E-state index contributed by atoms with van der Waals surface area (Å²) >= 11 is 0. The van der Waals surface area contributed by atoms with Gasteiger partial charge >= 0.3 is 0 Å². The Hall–Kier alpha value is -3.18. The van der Waals surface area contributed by atoms with Gasteiger partial charge in [-0.3, -0.25) is 0 Å². The van der Waals surface area contributed by atoms with Crippen molar-refractivity contribution in [2.45, 2.75) is 19.6 Å². The van der Waals surface area contributed by atoms with Crippen LogP contribution in [0, 0.1) is 0 Å². The van der Waals surface area contributed by atoms with Gasteiger partial charge in [0, 0.05) is 12.7 Å². The number of aromatic nitrogens is 2. The first-order chi connectivity index (χ1) is 13.3. The molecule has 5 nitrogen and oxygen atoms in total. The van der Waals surface area contributed by atoms with E-state index in [0.29, 0.717) is 37.0 Å². The molecule has 5 heteroatoms. The summed E-state index contributed by atoms with van der Waals surface area (Å²) in [6.45, 7) is 0.893. The molecule has 1 aromatic heterocycles. The molecule has 0 saturated heterocycles. The zero-order valence-corrected chi connectivity index (χ0v) is 15.0. The average Bonchev–Trinajstić information content (AvgIpc) is 2.73. The van der Waals surface area contributed by atoms with Gasteiger partial charge in [0.1, 0.15) is 13.2 Å². The van der Waals surface area contributed by atoms with E-state index >= 15 is 0 Å². The minimum absolute atomic E-state index is 0.0968. The predicted octanol–water partition coefficient (Wildman–Crippen LogP) is 4.03. The number of nitrogens with zero attached hydrogens (tertiary/aromatic N) is 2. The quantitative estimate of drug-likeness (QED) is 0.623. The van der Waals surface area contributed by atoms with Crippen molar-refractivity contribution in [1.82, 2.24) is 10.2 Å². The molecule has 138 valence electrons. The predicted molar refractivity (Wildman–Crippen MR) is 104 cm³/mol. The largest absolute Gasteiger partial charge is 0.483 e. The van der Waals surface area contributed by atoms with Crippen molar-refractivity contribution in [2.24, 2.45) is 0 Å². The van der Waals surface area contributed by atoms with E-state index in [2.05, 4.69) is 10.2 Å². The van der Waals surface area contributed by atoms with Crippen molar-refractivity contribution in [3.8, 4) is 11.6 Å². The van der Waals surface area contributed by atoms with E-state index in [1.54, 1.807) is 12.1 Å². The minimum Gasteiger partial charge on any atom is -0.483 e. The maximum absolute atomic E-state index is 8.90. The van der Waals surface area contributed by atoms with Gasteiger partial charge in [0.2, 0.25) is 0 Å². The summed E-state index contributed by atoms with van der Waals surface area (Å²) in [6.07, 6.45) is 4.21. The maximum atomic E-state index is 8.90. The summed E-state index contributed by atoms with van der Waals surface area (Å²) in [5.41, 5.74) is 2.75. The van der Waals surface area contributed by atoms with E-state index in [0.717, 1.165) is 11.1 Å². The molecule has 0 atom stereocenters. The summed E-state index contributed by atoms with van der Waals surface area (Å²) in [7, 11) is 0. The van der Waals surface area contributed by atoms with E-state index in [9.17, 15) is 0 Å². The molecular formula is C22H22N2O3. The third-order valence-corrected chi connectivity index (χ3v) is 3.79. The summed E-state index contributed by atoms with van der Waals surface area (Å²) in [6, 6.07) is 21.6. The summed E-state index contributed by atoms with van der Waals surface area (Å²) < 4.78 is 11.8. The van der Waals surface area contributed by atoms with Crippen LogP contribution in [0.25, 0.3) is 6.08 Å². The fourth-order valence-electron chi connectivity index (χ4n) is 2.40. The number of benzene rings is 2. The Balaban J connectivity index is 1.75. The van der Waals surface area contributed by atoms with Crippen LogP contribution in [0.3, 0.4) is 0 Å². The van der Waals surface area contributed by atoms with Gasteiger partial charge in [-0.25, -0.2) is 0 Å². The van der Waals surface area contributed by atoms with Crippen LogP contribution < -0.4 is 9.47 Å². The zero-order valence-electron chi connectivity index (χ0n) is 15.0. The highest BCUT2D eigenvalue weighted by molar-refractivity contribution is 5.48. The number of rotatable bonds is 9. The molecule has 1 heterocycles. The molecule has 0 aliphatic rings. The number of hydrogen-bond donors (Lipinski definition) is 1. The zero-order chi connectivity index (χ0) is 18.7. The number of aliphatic hydroxyl groups excluding tert-OH is 1. The van der Waals surface area contributed by atoms with Crippen molar-refractivity contribution in [3.63, 3.8) is 0 Å². The smallest absolute Gasteiger partial charge is 0.276 e. The molecule has 0 unspecified atom stereocenters. The second-order valence-corrected chi connectivity index (χ2v) is 5.90. The first-order valence-corrected chi connectivity index (χ1v) is 8.84. The molecule has 0 aliphatic heterocycles. The SMILES string of the molecule is OCC/C=C/c1cc(OCc2ccccc2)c(OCc2ccccc2)nn1.